The van der Waals surface area contributed by atoms with Crippen molar-refractivity contribution in [2.24, 2.45) is 0 Å². The SMILES string of the molecule is CCNc1cc(C)nc(CN2CCCCCCC2=O)n1. The van der Waals surface area contributed by atoms with Gasteiger partial charge in [0.2, 0.25) is 5.91 Å². The van der Waals surface area contributed by atoms with E-state index < -0.39 is 0 Å². The molecule has 1 aliphatic heterocycles. The highest BCUT2D eigenvalue weighted by molar-refractivity contribution is 5.76. The van der Waals surface area contributed by atoms with Gasteiger partial charge in [-0.25, -0.2) is 9.97 Å². The zero-order valence-electron chi connectivity index (χ0n) is 12.5. The molecule has 1 amide bonds. The summed E-state index contributed by atoms with van der Waals surface area (Å²) >= 11 is 0. The molecule has 0 spiro atoms. The van der Waals surface area contributed by atoms with Crippen LogP contribution in [0.5, 0.6) is 0 Å². The monoisotopic (exact) mass is 276 g/mol. The fourth-order valence-electron chi connectivity index (χ4n) is 2.53. The van der Waals surface area contributed by atoms with Crippen molar-refractivity contribution in [3.8, 4) is 0 Å². The summed E-state index contributed by atoms with van der Waals surface area (Å²) in [6.45, 7) is 6.18. The summed E-state index contributed by atoms with van der Waals surface area (Å²) in [5.74, 6) is 1.81. The Labute approximate surface area is 120 Å². The molecule has 0 atom stereocenters. The number of likely N-dealkylation sites (tertiary alicyclic amines) is 1. The van der Waals surface area contributed by atoms with E-state index in [1.165, 1.54) is 12.8 Å². The maximum atomic E-state index is 12.1. The van der Waals surface area contributed by atoms with Crippen molar-refractivity contribution in [2.45, 2.75) is 52.5 Å². The number of carbonyl (C=O) groups excluding carboxylic acids is 1. The molecule has 1 N–H and O–H groups in total. The molecule has 1 aromatic rings. The number of hydrogen-bond donors (Lipinski definition) is 1. The van der Waals surface area contributed by atoms with Gasteiger partial charge in [-0.15, -0.1) is 0 Å². The normalized spacial score (nSPS) is 16.7. The van der Waals surface area contributed by atoms with Crippen LogP contribution in [0.3, 0.4) is 0 Å². The van der Waals surface area contributed by atoms with Crippen LogP contribution in [0.4, 0.5) is 5.82 Å². The van der Waals surface area contributed by atoms with E-state index in [2.05, 4.69) is 15.3 Å². The molecule has 0 radical (unpaired) electrons. The van der Waals surface area contributed by atoms with Crippen molar-refractivity contribution < 1.29 is 4.79 Å². The highest BCUT2D eigenvalue weighted by Crippen LogP contribution is 2.14. The van der Waals surface area contributed by atoms with Crippen LogP contribution in [0, 0.1) is 6.92 Å². The Balaban J connectivity index is 2.08. The number of nitrogens with one attached hydrogen (secondary N) is 1. The van der Waals surface area contributed by atoms with E-state index in [9.17, 15) is 4.79 Å². The summed E-state index contributed by atoms with van der Waals surface area (Å²) in [5.41, 5.74) is 0.936. The third-order valence-corrected chi connectivity index (χ3v) is 3.51. The van der Waals surface area contributed by atoms with Crippen molar-refractivity contribution in [1.29, 1.82) is 0 Å². The number of aromatic nitrogens is 2. The van der Waals surface area contributed by atoms with Crippen LogP contribution < -0.4 is 5.32 Å². The van der Waals surface area contributed by atoms with Crippen molar-refractivity contribution in [1.82, 2.24) is 14.9 Å². The van der Waals surface area contributed by atoms with Gasteiger partial charge in [0.1, 0.15) is 11.6 Å². The zero-order chi connectivity index (χ0) is 14.4. The summed E-state index contributed by atoms with van der Waals surface area (Å²) in [6.07, 6.45) is 5.13. The summed E-state index contributed by atoms with van der Waals surface area (Å²) in [4.78, 5) is 23.0. The van der Waals surface area contributed by atoms with E-state index in [1.807, 2.05) is 24.8 Å². The van der Waals surface area contributed by atoms with Crippen LogP contribution in [0.1, 0.15) is 50.5 Å². The van der Waals surface area contributed by atoms with Crippen LogP contribution in [-0.4, -0.2) is 33.9 Å². The number of anilines is 1. The lowest BCUT2D eigenvalue weighted by atomic mass is 10.1. The van der Waals surface area contributed by atoms with E-state index in [1.54, 1.807) is 0 Å². The highest BCUT2D eigenvalue weighted by atomic mass is 16.2. The van der Waals surface area contributed by atoms with E-state index in [0.29, 0.717) is 13.0 Å². The molecule has 110 valence electrons. The third-order valence-electron chi connectivity index (χ3n) is 3.51. The summed E-state index contributed by atoms with van der Waals surface area (Å²) in [6, 6.07) is 1.93. The van der Waals surface area contributed by atoms with Gasteiger partial charge in [0.15, 0.2) is 0 Å². The van der Waals surface area contributed by atoms with Crippen LogP contribution in [0.25, 0.3) is 0 Å². The number of rotatable bonds is 4. The summed E-state index contributed by atoms with van der Waals surface area (Å²) in [7, 11) is 0. The van der Waals surface area contributed by atoms with Gasteiger partial charge in [-0.05, 0) is 26.7 Å². The summed E-state index contributed by atoms with van der Waals surface area (Å²) < 4.78 is 0. The predicted molar refractivity (Wildman–Crippen MR) is 79.4 cm³/mol. The Bertz CT molecular complexity index is 461. The summed E-state index contributed by atoms with van der Waals surface area (Å²) in [5, 5.41) is 3.20. The Morgan fingerprint density at radius 1 is 1.25 bits per heavy atom. The minimum atomic E-state index is 0.236. The van der Waals surface area contributed by atoms with Crippen molar-refractivity contribution >= 4 is 11.7 Å². The van der Waals surface area contributed by atoms with Crippen LogP contribution in [0.15, 0.2) is 6.07 Å². The average molecular weight is 276 g/mol. The molecule has 2 heterocycles. The maximum absolute atomic E-state index is 12.1. The Kier molecular flexibility index (Phi) is 5.32. The lowest BCUT2D eigenvalue weighted by Crippen LogP contribution is -2.33. The van der Waals surface area contributed by atoms with Crippen molar-refractivity contribution in [3.63, 3.8) is 0 Å². The number of amides is 1. The van der Waals surface area contributed by atoms with Crippen molar-refractivity contribution in [3.05, 3.63) is 17.6 Å². The van der Waals surface area contributed by atoms with Gasteiger partial charge in [-0.1, -0.05) is 12.8 Å². The van der Waals surface area contributed by atoms with E-state index >= 15 is 0 Å². The first-order valence-corrected chi connectivity index (χ1v) is 7.55. The first kappa shape index (κ1) is 14.8. The molecule has 1 saturated heterocycles. The Morgan fingerprint density at radius 3 is 2.85 bits per heavy atom. The largest absolute Gasteiger partial charge is 0.370 e. The molecule has 0 bridgehead atoms. The van der Waals surface area contributed by atoms with Crippen LogP contribution in [-0.2, 0) is 11.3 Å². The second-order valence-corrected chi connectivity index (χ2v) is 5.32. The van der Waals surface area contributed by atoms with E-state index in [0.717, 1.165) is 43.3 Å². The lowest BCUT2D eigenvalue weighted by Gasteiger charge is -2.24. The van der Waals surface area contributed by atoms with Crippen LogP contribution in [0.2, 0.25) is 0 Å². The minimum absolute atomic E-state index is 0.236. The quantitative estimate of drug-likeness (QED) is 0.918. The van der Waals surface area contributed by atoms with Gasteiger partial charge in [0, 0.05) is 31.3 Å². The predicted octanol–water partition coefficient (Wildman–Crippen LogP) is 2.51. The molecule has 0 aromatic carbocycles. The number of aryl methyl sites for hydroxylation is 1. The molecule has 2 rings (SSSR count). The third kappa shape index (κ3) is 4.18. The van der Waals surface area contributed by atoms with Gasteiger partial charge < -0.3 is 10.2 Å². The lowest BCUT2D eigenvalue weighted by molar-refractivity contribution is -0.132. The highest BCUT2D eigenvalue weighted by Gasteiger charge is 2.17. The molecule has 5 nitrogen and oxygen atoms in total. The fourth-order valence-corrected chi connectivity index (χ4v) is 2.53. The molecule has 20 heavy (non-hydrogen) atoms. The topological polar surface area (TPSA) is 58.1 Å². The smallest absolute Gasteiger partial charge is 0.222 e. The molecule has 5 heteroatoms. The minimum Gasteiger partial charge on any atom is -0.370 e. The van der Waals surface area contributed by atoms with Crippen molar-refractivity contribution in [2.75, 3.05) is 18.4 Å². The first-order chi connectivity index (χ1) is 9.69. The van der Waals surface area contributed by atoms with Gasteiger partial charge in [0.05, 0.1) is 6.54 Å². The van der Waals surface area contributed by atoms with Gasteiger partial charge in [-0.3, -0.25) is 4.79 Å². The number of hydrogen-bond acceptors (Lipinski definition) is 4. The van der Waals surface area contributed by atoms with E-state index in [4.69, 9.17) is 0 Å². The maximum Gasteiger partial charge on any atom is 0.222 e. The molecule has 0 saturated carbocycles. The second kappa shape index (κ2) is 7.22. The second-order valence-electron chi connectivity index (χ2n) is 5.32. The zero-order valence-corrected chi connectivity index (χ0v) is 12.5. The molecule has 1 fully saturated rings. The first-order valence-electron chi connectivity index (χ1n) is 7.55. The van der Waals surface area contributed by atoms with Gasteiger partial charge in [-0.2, -0.15) is 0 Å². The average Bonchev–Trinajstić information content (AvgIpc) is 2.38. The molecule has 0 unspecified atom stereocenters. The molecule has 1 aliphatic rings. The molecule has 1 aromatic heterocycles. The Morgan fingerprint density at radius 2 is 2.05 bits per heavy atom. The number of nitrogens with zero attached hydrogens (tertiary/aromatic N) is 3. The van der Waals surface area contributed by atoms with Gasteiger partial charge >= 0.3 is 0 Å². The Hall–Kier alpha value is -1.65. The fraction of sp³-hybridized carbons (Fsp3) is 0.667. The van der Waals surface area contributed by atoms with Gasteiger partial charge in [0.25, 0.3) is 0 Å². The van der Waals surface area contributed by atoms with E-state index in [-0.39, 0.29) is 5.91 Å². The molecule has 0 aliphatic carbocycles. The standard InChI is InChI=1S/C15H24N4O/c1-3-16-13-10-12(2)17-14(18-13)11-19-9-7-5-4-6-8-15(19)20/h10H,3-9,11H2,1-2H3,(H,16,17,18). The molecular weight excluding hydrogens is 252 g/mol. The number of carbonyl (C=O) groups is 1. The van der Waals surface area contributed by atoms with Crippen LogP contribution >= 0.6 is 0 Å². The molecular formula is C15H24N4O.